The first-order valence-electron chi connectivity index (χ1n) is 2.17. The van der Waals surface area contributed by atoms with Gasteiger partial charge in [0, 0.05) is 41.8 Å². The summed E-state index contributed by atoms with van der Waals surface area (Å²) in [6.07, 6.45) is 1.28. The summed E-state index contributed by atoms with van der Waals surface area (Å²) in [5, 5.41) is 8.52. The van der Waals surface area contributed by atoms with Crippen molar-refractivity contribution in [3.63, 3.8) is 0 Å². The van der Waals surface area contributed by atoms with Crippen molar-refractivity contribution in [1.82, 2.24) is 4.73 Å². The van der Waals surface area contributed by atoms with Gasteiger partial charge in [0.05, 0.1) is 0 Å². The van der Waals surface area contributed by atoms with Gasteiger partial charge in [-0.3, -0.25) is 4.79 Å². The SMILES string of the molecule is O=c1ccccn1O.[Na]. The van der Waals surface area contributed by atoms with Crippen LogP contribution in [0.4, 0.5) is 0 Å². The van der Waals surface area contributed by atoms with Crippen molar-refractivity contribution in [2.24, 2.45) is 0 Å². The summed E-state index contributed by atoms with van der Waals surface area (Å²) >= 11 is 0. The van der Waals surface area contributed by atoms with E-state index < -0.39 is 5.56 Å². The summed E-state index contributed by atoms with van der Waals surface area (Å²) < 4.78 is 0.528. The molecule has 4 heteroatoms. The summed E-state index contributed by atoms with van der Waals surface area (Å²) in [4.78, 5) is 10.3. The van der Waals surface area contributed by atoms with Crippen LogP contribution in [0, 0.1) is 0 Å². The summed E-state index contributed by atoms with van der Waals surface area (Å²) in [7, 11) is 0. The molecule has 0 aliphatic rings. The molecule has 0 unspecified atom stereocenters. The van der Waals surface area contributed by atoms with E-state index in [1.165, 1.54) is 12.3 Å². The van der Waals surface area contributed by atoms with Gasteiger partial charge in [-0.2, -0.15) is 4.73 Å². The van der Waals surface area contributed by atoms with E-state index in [0.717, 1.165) is 0 Å². The maximum atomic E-state index is 10.3. The van der Waals surface area contributed by atoms with Gasteiger partial charge >= 0.3 is 0 Å². The smallest absolute Gasteiger partial charge is 0.282 e. The van der Waals surface area contributed by atoms with Crippen molar-refractivity contribution in [2.45, 2.75) is 0 Å². The number of nitrogens with zero attached hydrogens (tertiary/aromatic N) is 1. The number of aromatic nitrogens is 1. The van der Waals surface area contributed by atoms with E-state index in [4.69, 9.17) is 5.21 Å². The first kappa shape index (κ1) is 8.75. The predicted octanol–water partition coefficient (Wildman–Crippen LogP) is -0.295. The van der Waals surface area contributed by atoms with Gasteiger partial charge in [0.2, 0.25) is 0 Å². The van der Waals surface area contributed by atoms with Crippen LogP contribution >= 0.6 is 0 Å². The van der Waals surface area contributed by atoms with Crippen LogP contribution in [0.15, 0.2) is 29.2 Å². The zero-order valence-electron chi connectivity index (χ0n) is 5.11. The molecule has 1 N–H and O–H groups in total. The molecule has 0 amide bonds. The summed E-state index contributed by atoms with van der Waals surface area (Å²) in [5.74, 6) is 0. The van der Waals surface area contributed by atoms with E-state index >= 15 is 0 Å². The molecule has 3 nitrogen and oxygen atoms in total. The fraction of sp³-hybridized carbons (Fsp3) is 0. The molecule has 0 saturated heterocycles. The zero-order chi connectivity index (χ0) is 5.98. The quantitative estimate of drug-likeness (QED) is 0.391. The van der Waals surface area contributed by atoms with Gasteiger partial charge in [0.1, 0.15) is 0 Å². The van der Waals surface area contributed by atoms with E-state index in [1.807, 2.05) is 0 Å². The average molecular weight is 134 g/mol. The molecule has 9 heavy (non-hydrogen) atoms. The van der Waals surface area contributed by atoms with Crippen molar-refractivity contribution in [1.29, 1.82) is 0 Å². The molecular formula is C5H5NNaO2. The molecule has 1 aromatic rings. The van der Waals surface area contributed by atoms with Crippen LogP contribution in [0.2, 0.25) is 0 Å². The van der Waals surface area contributed by atoms with Crippen LogP contribution in [0.25, 0.3) is 0 Å². The second kappa shape index (κ2) is 3.71. The van der Waals surface area contributed by atoms with Gasteiger partial charge < -0.3 is 5.21 Å². The third-order valence-electron chi connectivity index (χ3n) is 0.803. The molecule has 0 bridgehead atoms. The van der Waals surface area contributed by atoms with Gasteiger partial charge in [-0.05, 0) is 6.07 Å². The molecule has 0 spiro atoms. The second-order valence-corrected chi connectivity index (χ2v) is 1.38. The van der Waals surface area contributed by atoms with Crippen LogP contribution < -0.4 is 5.56 Å². The Balaban J connectivity index is 0.000000640. The number of pyridine rings is 1. The Bertz CT molecular complexity index is 232. The third-order valence-corrected chi connectivity index (χ3v) is 0.803. The number of rotatable bonds is 0. The Morgan fingerprint density at radius 1 is 1.44 bits per heavy atom. The molecule has 1 rings (SSSR count). The average Bonchev–Trinajstić information content (AvgIpc) is 1.77. The Morgan fingerprint density at radius 3 is 2.44 bits per heavy atom. The molecule has 1 heterocycles. The molecule has 0 atom stereocenters. The van der Waals surface area contributed by atoms with Crippen molar-refractivity contribution in [2.75, 3.05) is 0 Å². The standard InChI is InChI=1S/C5H5NO2.Na/c7-5-3-1-2-4-6(5)8;/h1-4,8H;. The minimum atomic E-state index is -0.410. The van der Waals surface area contributed by atoms with Crippen molar-refractivity contribution in [3.05, 3.63) is 34.7 Å². The Hall–Kier alpha value is -0.250. The van der Waals surface area contributed by atoms with Crippen LogP contribution in [-0.2, 0) is 0 Å². The van der Waals surface area contributed by atoms with Crippen LogP contribution in [0.3, 0.4) is 0 Å². The van der Waals surface area contributed by atoms with E-state index in [2.05, 4.69) is 0 Å². The fourth-order valence-corrected chi connectivity index (χ4v) is 0.419. The Labute approximate surface area is 74.2 Å². The van der Waals surface area contributed by atoms with Crippen molar-refractivity contribution >= 4 is 29.6 Å². The topological polar surface area (TPSA) is 42.2 Å². The van der Waals surface area contributed by atoms with E-state index in [9.17, 15) is 4.79 Å². The maximum absolute atomic E-state index is 10.3. The Morgan fingerprint density at radius 2 is 2.11 bits per heavy atom. The normalized spacial score (nSPS) is 8.00. The second-order valence-electron chi connectivity index (χ2n) is 1.38. The van der Waals surface area contributed by atoms with E-state index in [0.29, 0.717) is 4.73 Å². The van der Waals surface area contributed by atoms with E-state index in [1.54, 1.807) is 12.1 Å². The Kier molecular flexibility index (Phi) is 3.61. The molecular weight excluding hydrogens is 129 g/mol. The minimum absolute atomic E-state index is 0. The fourth-order valence-electron chi connectivity index (χ4n) is 0.419. The first-order chi connectivity index (χ1) is 3.80. The number of hydrogen-bond donors (Lipinski definition) is 1. The predicted molar refractivity (Wildman–Crippen MR) is 33.6 cm³/mol. The molecule has 1 radical (unpaired) electrons. The van der Waals surface area contributed by atoms with Gasteiger partial charge in [-0.25, -0.2) is 0 Å². The van der Waals surface area contributed by atoms with Gasteiger partial charge in [-0.15, -0.1) is 0 Å². The summed E-state index contributed by atoms with van der Waals surface area (Å²) in [6.45, 7) is 0. The summed E-state index contributed by atoms with van der Waals surface area (Å²) in [5.41, 5.74) is -0.410. The third kappa shape index (κ3) is 2.22. The van der Waals surface area contributed by atoms with Crippen molar-refractivity contribution in [3.8, 4) is 0 Å². The first-order valence-corrected chi connectivity index (χ1v) is 2.17. The molecule has 43 valence electrons. The monoisotopic (exact) mass is 134 g/mol. The van der Waals surface area contributed by atoms with Crippen molar-refractivity contribution < 1.29 is 5.21 Å². The molecule has 1 aromatic heterocycles. The van der Waals surface area contributed by atoms with E-state index in [-0.39, 0.29) is 29.6 Å². The van der Waals surface area contributed by atoms with Crippen LogP contribution in [0.1, 0.15) is 0 Å². The van der Waals surface area contributed by atoms with Crippen LogP contribution in [-0.4, -0.2) is 39.5 Å². The van der Waals surface area contributed by atoms with Gasteiger partial charge in [0.25, 0.3) is 5.56 Å². The molecule has 0 aliphatic carbocycles. The molecule has 0 aromatic carbocycles. The molecule has 0 saturated carbocycles. The van der Waals surface area contributed by atoms with Gasteiger partial charge in [-0.1, -0.05) is 6.07 Å². The minimum Gasteiger partial charge on any atom is -0.425 e. The summed E-state index contributed by atoms with van der Waals surface area (Å²) in [6, 6.07) is 4.41. The van der Waals surface area contributed by atoms with Gasteiger partial charge in [0.15, 0.2) is 0 Å². The largest absolute Gasteiger partial charge is 0.425 e. The molecule has 0 fully saturated rings. The maximum Gasteiger partial charge on any atom is 0.282 e. The number of hydrogen-bond acceptors (Lipinski definition) is 2. The zero-order valence-corrected chi connectivity index (χ0v) is 7.11. The molecule has 0 aliphatic heterocycles. The van der Waals surface area contributed by atoms with Crippen LogP contribution in [0.5, 0.6) is 0 Å².